The van der Waals surface area contributed by atoms with E-state index in [1.54, 1.807) is 0 Å². The first-order valence-corrected chi connectivity index (χ1v) is 25.0. The van der Waals surface area contributed by atoms with Gasteiger partial charge in [0, 0.05) is 72.8 Å². The Balaban J connectivity index is 0.00000516. The van der Waals surface area contributed by atoms with Crippen molar-refractivity contribution in [1.29, 1.82) is 0 Å². The van der Waals surface area contributed by atoms with E-state index >= 15 is 0 Å². The molecule has 0 N–H and O–H groups in total. The number of ether oxygens (including phenoxy) is 1. The summed E-state index contributed by atoms with van der Waals surface area (Å²) in [6, 6.07) is 70.6. The molecule has 1 aliphatic rings. The largest absolute Gasteiger partial charge is 2.00 e. The molecule has 7 heteroatoms. The van der Waals surface area contributed by atoms with E-state index < -0.39 is 0 Å². The van der Waals surface area contributed by atoms with Gasteiger partial charge in [0.05, 0.1) is 22.4 Å². The quantitative estimate of drug-likeness (QED) is 0.123. The Labute approximate surface area is 438 Å². The summed E-state index contributed by atoms with van der Waals surface area (Å²) in [7, 11) is 0. The zero-order chi connectivity index (χ0) is 48.8. The van der Waals surface area contributed by atoms with E-state index in [2.05, 4.69) is 238 Å². The molecule has 0 radical (unpaired) electrons. The molecule has 0 bridgehead atoms. The number of rotatable bonds is 6. The van der Waals surface area contributed by atoms with E-state index in [0.717, 1.165) is 72.1 Å². The number of fused-ring (bicyclic) bond motifs is 9. The van der Waals surface area contributed by atoms with Crippen LogP contribution in [-0.2, 0) is 37.3 Å². The summed E-state index contributed by atoms with van der Waals surface area (Å²) in [4.78, 5) is 10.6. The Hall–Kier alpha value is -7.79. The van der Waals surface area contributed by atoms with E-state index in [-0.39, 0.29) is 37.3 Å². The number of hydrogen-bond acceptors (Lipinski definition) is 3. The third kappa shape index (κ3) is 6.52. The summed E-state index contributed by atoms with van der Waals surface area (Å²) < 4.78 is 14.0. The summed E-state index contributed by atoms with van der Waals surface area (Å²) in [5.74, 6) is 2.01. The van der Waals surface area contributed by atoms with E-state index in [1.165, 1.54) is 49.5 Å². The molecule has 0 fully saturated rings. The molecule has 6 nitrogen and oxygen atoms in total. The van der Waals surface area contributed by atoms with Crippen LogP contribution in [0.25, 0.3) is 105 Å². The average molecular weight is 1130 g/mol. The van der Waals surface area contributed by atoms with Crippen LogP contribution in [0.3, 0.4) is 0 Å². The van der Waals surface area contributed by atoms with Gasteiger partial charge < -0.3 is 18.3 Å². The number of imidazole rings is 1. The van der Waals surface area contributed by atoms with Gasteiger partial charge in [-0.1, -0.05) is 186 Å². The summed E-state index contributed by atoms with van der Waals surface area (Å²) in [6.45, 7) is 16.2. The molecule has 6 heterocycles. The van der Waals surface area contributed by atoms with Crippen LogP contribution in [0.5, 0.6) is 11.5 Å². The minimum atomic E-state index is -0.249. The van der Waals surface area contributed by atoms with Crippen molar-refractivity contribution in [2.24, 2.45) is 0 Å². The Morgan fingerprint density at radius 3 is 1.99 bits per heavy atom. The summed E-state index contributed by atoms with van der Waals surface area (Å²) in [5.41, 5.74) is 15.2. The van der Waals surface area contributed by atoms with Gasteiger partial charge in [-0.05, 0) is 69.3 Å². The van der Waals surface area contributed by atoms with Crippen LogP contribution in [0, 0.1) is 12.1 Å². The van der Waals surface area contributed by atoms with Crippen LogP contribution in [0.2, 0.25) is 0 Å². The monoisotopic (exact) mass is 1120 g/mol. The Bertz CT molecular complexity index is 4400. The third-order valence-corrected chi connectivity index (χ3v) is 16.2. The van der Waals surface area contributed by atoms with Crippen molar-refractivity contribution in [3.05, 3.63) is 211 Å². The molecule has 0 spiro atoms. The van der Waals surface area contributed by atoms with Gasteiger partial charge in [-0.2, -0.15) is 6.07 Å². The van der Waals surface area contributed by atoms with Gasteiger partial charge >= 0.3 is 21.1 Å². The van der Waals surface area contributed by atoms with E-state index in [4.69, 9.17) is 14.7 Å². The zero-order valence-electron chi connectivity index (χ0n) is 41.8. The molecule has 13 aromatic rings. The van der Waals surface area contributed by atoms with Crippen molar-refractivity contribution >= 4 is 70.9 Å². The minimum Gasteiger partial charge on any atom is -0.503 e. The van der Waals surface area contributed by atoms with Gasteiger partial charge in [-0.3, -0.25) is 4.98 Å². The fraction of sp³-hybridized carbons (Fsp3) is 0.152. The van der Waals surface area contributed by atoms with Crippen LogP contribution < -0.4 is 4.74 Å². The minimum absolute atomic E-state index is 0. The standard InChI is InChI=1S/C66H51N5O.Pt/c1-64(2,3)42-34-35-67-58(37-42)70-56-33-28-41(46-23-16-24-51-48-22-14-15-27-55(48)69(60(46)51)43-20-12-9-13-21-43)36-52(56)49-32-30-45(39-57(49)70)72-44-29-31-47-50-25-17-26-54-61(50)71-62(66(6,7)65(54,4)5)59(40-18-10-8-11-19-40)68-63(71)53(47)38-44;/h8-37H,1-7H3;/q-2;+2. The third-order valence-electron chi connectivity index (χ3n) is 16.2. The molecule has 0 saturated heterocycles. The van der Waals surface area contributed by atoms with Crippen molar-refractivity contribution in [3.63, 3.8) is 0 Å². The second kappa shape index (κ2) is 16.1. The molecule has 5 aromatic heterocycles. The first kappa shape index (κ1) is 45.1. The van der Waals surface area contributed by atoms with Crippen LogP contribution >= 0.6 is 0 Å². The molecule has 0 saturated carbocycles. The maximum atomic E-state index is 6.89. The van der Waals surface area contributed by atoms with Gasteiger partial charge in [0.1, 0.15) is 5.82 Å². The molecule has 356 valence electrons. The van der Waals surface area contributed by atoms with Crippen molar-refractivity contribution < 1.29 is 25.8 Å². The molecule has 0 unspecified atom stereocenters. The maximum Gasteiger partial charge on any atom is 2.00 e. The number of nitrogens with zero attached hydrogens (tertiary/aromatic N) is 5. The maximum absolute atomic E-state index is 6.89. The average Bonchev–Trinajstić information content (AvgIpc) is 4.08. The van der Waals surface area contributed by atoms with Crippen LogP contribution in [0.1, 0.15) is 65.3 Å². The van der Waals surface area contributed by atoms with Gasteiger partial charge in [0.15, 0.2) is 0 Å². The molecular formula is C66H51N5OPt. The number of aromatic nitrogens is 5. The Kier molecular flexibility index (Phi) is 9.95. The summed E-state index contributed by atoms with van der Waals surface area (Å²) >= 11 is 0. The number of pyridine rings is 2. The van der Waals surface area contributed by atoms with E-state index in [1.807, 2.05) is 18.3 Å². The van der Waals surface area contributed by atoms with Crippen molar-refractivity contribution in [1.82, 2.24) is 23.5 Å². The molecule has 0 atom stereocenters. The molecule has 14 rings (SSSR count). The predicted molar refractivity (Wildman–Crippen MR) is 296 cm³/mol. The van der Waals surface area contributed by atoms with Crippen molar-refractivity contribution in [2.75, 3.05) is 0 Å². The normalized spacial score (nSPS) is 14.1. The Morgan fingerprint density at radius 2 is 1.21 bits per heavy atom. The van der Waals surface area contributed by atoms with Gasteiger partial charge in [-0.15, -0.1) is 29.7 Å². The van der Waals surface area contributed by atoms with Crippen LogP contribution in [0.15, 0.2) is 182 Å². The second-order valence-electron chi connectivity index (χ2n) is 21.7. The number of para-hydroxylation sites is 4. The molecule has 0 amide bonds. The molecule has 0 aliphatic carbocycles. The first-order valence-electron chi connectivity index (χ1n) is 25.0. The number of benzene rings is 8. The molecule has 8 aromatic carbocycles. The molecular weight excluding hydrogens is 1070 g/mol. The van der Waals surface area contributed by atoms with Gasteiger partial charge in [-0.25, -0.2) is 4.98 Å². The van der Waals surface area contributed by atoms with Crippen molar-refractivity contribution in [2.45, 2.75) is 64.7 Å². The van der Waals surface area contributed by atoms with Crippen LogP contribution in [0.4, 0.5) is 0 Å². The first-order chi connectivity index (χ1) is 34.9. The topological polar surface area (TPSA) is 49.3 Å². The summed E-state index contributed by atoms with van der Waals surface area (Å²) in [5, 5.41) is 7.81. The second-order valence-corrected chi connectivity index (χ2v) is 21.7. The number of hydrogen-bond donors (Lipinski definition) is 0. The molecule has 1 aliphatic heterocycles. The predicted octanol–water partition coefficient (Wildman–Crippen LogP) is 16.8. The smallest absolute Gasteiger partial charge is 0.503 e. The fourth-order valence-electron chi connectivity index (χ4n) is 11.9. The molecule has 73 heavy (non-hydrogen) atoms. The van der Waals surface area contributed by atoms with Gasteiger partial charge in [0.2, 0.25) is 0 Å². The Morgan fingerprint density at radius 1 is 0.534 bits per heavy atom. The zero-order valence-corrected chi connectivity index (χ0v) is 44.1. The van der Waals surface area contributed by atoms with Gasteiger partial charge in [0.25, 0.3) is 0 Å². The summed E-state index contributed by atoms with van der Waals surface area (Å²) in [6.07, 6.45) is 1.92. The van der Waals surface area contributed by atoms with E-state index in [9.17, 15) is 0 Å². The van der Waals surface area contributed by atoms with E-state index in [0.29, 0.717) is 11.5 Å². The fourth-order valence-corrected chi connectivity index (χ4v) is 11.9. The van der Waals surface area contributed by atoms with Crippen molar-refractivity contribution in [3.8, 4) is 45.4 Å². The van der Waals surface area contributed by atoms with Crippen LogP contribution in [-0.4, -0.2) is 23.5 Å². The SMILES string of the molecule is CC(C)(C)c1ccnc(-n2c3[c-]c(Oc4[c-]c5c(cc4)c4cccc6c4n4c(c(-c7ccccc7)nc54)C(C)(C)C6(C)C)ccc3c3cc(-c4cccc5c6ccccc6n(-c6ccccc6)c45)ccc32)c1.[Pt+2].